The molecule has 0 radical (unpaired) electrons. The SMILES string of the molecule is Cc1ncc(C[n+]2csc(CCO)c2C)c(N)n1.NC(=O)c1cccnc1.O=[N+]([O-])[O-]. The summed E-state index contributed by atoms with van der Waals surface area (Å²) >= 11 is 1.65. The van der Waals surface area contributed by atoms with E-state index in [9.17, 15) is 4.79 Å². The molecule has 0 aromatic carbocycles. The smallest absolute Gasteiger partial charge is 0.250 e. The molecule has 0 saturated heterocycles. The lowest BCUT2D eigenvalue weighted by atomic mass is 10.2. The average molecular weight is 449 g/mol. The summed E-state index contributed by atoms with van der Waals surface area (Å²) in [6, 6.07) is 3.29. The molecule has 5 N–H and O–H groups in total. The second-order valence-corrected chi connectivity index (χ2v) is 6.93. The highest BCUT2D eigenvalue weighted by Gasteiger charge is 2.17. The normalized spacial score (nSPS) is 9.65. The van der Waals surface area contributed by atoms with Gasteiger partial charge in [0.2, 0.25) is 11.4 Å². The molecule has 0 saturated carbocycles. The van der Waals surface area contributed by atoms with Gasteiger partial charge in [-0.3, -0.25) is 9.78 Å². The number of aliphatic hydroxyl groups is 1. The van der Waals surface area contributed by atoms with Crippen molar-refractivity contribution in [2.45, 2.75) is 26.8 Å². The number of anilines is 1. The number of primary amides is 1. The summed E-state index contributed by atoms with van der Waals surface area (Å²) < 4.78 is 2.11. The number of rotatable bonds is 5. The second kappa shape index (κ2) is 12.8. The lowest BCUT2D eigenvalue weighted by Crippen LogP contribution is -2.35. The molecule has 0 aliphatic carbocycles. The molecule has 31 heavy (non-hydrogen) atoms. The van der Waals surface area contributed by atoms with Crippen LogP contribution < -0.4 is 16.0 Å². The molecule has 3 aromatic heterocycles. The summed E-state index contributed by atoms with van der Waals surface area (Å²) in [5.74, 6) is 0.775. The molecular formula is C18H23N7O5S. The first-order chi connectivity index (χ1) is 14.6. The van der Waals surface area contributed by atoms with Crippen LogP contribution in [0.2, 0.25) is 0 Å². The number of hydrogen-bond acceptors (Lipinski definition) is 10. The largest absolute Gasteiger partial charge is 0.396 e. The number of hydrogen-bond donors (Lipinski definition) is 3. The molecule has 13 heteroatoms. The Morgan fingerprint density at radius 3 is 2.48 bits per heavy atom. The van der Waals surface area contributed by atoms with Crippen LogP contribution in [0.15, 0.2) is 36.2 Å². The number of thiazole rings is 1. The van der Waals surface area contributed by atoms with E-state index in [1.165, 1.54) is 11.1 Å². The zero-order chi connectivity index (χ0) is 23.4. The minimum Gasteiger partial charge on any atom is -0.396 e. The lowest BCUT2D eigenvalue weighted by Gasteiger charge is -2.01. The fraction of sp³-hybridized carbons (Fsp3) is 0.278. The highest BCUT2D eigenvalue weighted by Crippen LogP contribution is 2.13. The molecule has 3 heterocycles. The third-order valence-corrected chi connectivity index (χ3v) is 4.94. The van der Waals surface area contributed by atoms with E-state index in [4.69, 9.17) is 31.9 Å². The van der Waals surface area contributed by atoms with Crippen molar-refractivity contribution < 1.29 is 19.6 Å². The van der Waals surface area contributed by atoms with Gasteiger partial charge in [0.25, 0.3) is 0 Å². The van der Waals surface area contributed by atoms with E-state index in [0.717, 1.165) is 11.3 Å². The summed E-state index contributed by atoms with van der Waals surface area (Å²) in [4.78, 5) is 31.9. The van der Waals surface area contributed by atoms with Crippen molar-refractivity contribution in [3.8, 4) is 0 Å². The fourth-order valence-electron chi connectivity index (χ4n) is 2.28. The molecule has 3 rings (SSSR count). The van der Waals surface area contributed by atoms with Crippen LogP contribution in [-0.2, 0) is 13.0 Å². The fourth-order valence-corrected chi connectivity index (χ4v) is 3.26. The average Bonchev–Trinajstić information content (AvgIpc) is 3.05. The number of nitrogen functional groups attached to an aromatic ring is 1. The number of carbonyl (C=O) groups is 1. The molecule has 0 aliphatic heterocycles. The molecule has 1 amide bonds. The van der Waals surface area contributed by atoms with Gasteiger partial charge in [-0.1, -0.05) is 11.3 Å². The number of carbonyl (C=O) groups excluding carboxylic acids is 1. The van der Waals surface area contributed by atoms with Gasteiger partial charge in [-0.25, -0.2) is 9.97 Å². The standard InChI is InChI=1S/C12H17N4OS.C6H6N2O.NO3/c1-8-11(3-4-17)18-7-16(8)6-10-5-14-9(2)15-12(10)13;7-6(9)5-2-1-3-8-4-5;2-1(3)4/h5,7,17H,3-4,6H2,1-2H3,(H2,13,14,15);1-4H,(H2,7,9);/q+1;;-1. The van der Waals surface area contributed by atoms with Crippen LogP contribution in [0.1, 0.15) is 32.3 Å². The maximum Gasteiger partial charge on any atom is 0.250 e. The first kappa shape index (κ1) is 25.3. The van der Waals surface area contributed by atoms with Gasteiger partial charge in [-0.2, -0.15) is 4.57 Å². The molecule has 0 aliphatic rings. The highest BCUT2D eigenvalue weighted by atomic mass is 32.1. The Hall–Kier alpha value is -3.71. The van der Waals surface area contributed by atoms with Crippen LogP contribution in [0.5, 0.6) is 0 Å². The van der Waals surface area contributed by atoms with Crippen molar-refractivity contribution >= 4 is 23.1 Å². The Bertz CT molecular complexity index is 994. The van der Waals surface area contributed by atoms with Crippen LogP contribution in [0.25, 0.3) is 0 Å². The molecular weight excluding hydrogens is 426 g/mol. The predicted molar refractivity (Wildman–Crippen MR) is 113 cm³/mol. The minimum atomic E-state index is -1.75. The van der Waals surface area contributed by atoms with Gasteiger partial charge in [-0.15, -0.1) is 0 Å². The summed E-state index contributed by atoms with van der Waals surface area (Å²) in [6.45, 7) is 4.71. The number of amides is 1. The molecule has 0 atom stereocenters. The lowest BCUT2D eigenvalue weighted by molar-refractivity contribution is -0.689. The Morgan fingerprint density at radius 2 is 2.00 bits per heavy atom. The zero-order valence-electron chi connectivity index (χ0n) is 17.0. The molecule has 0 bridgehead atoms. The van der Waals surface area contributed by atoms with Crippen molar-refractivity contribution in [1.29, 1.82) is 0 Å². The maximum atomic E-state index is 10.4. The number of aryl methyl sites for hydroxylation is 1. The minimum absolute atomic E-state index is 0.178. The van der Waals surface area contributed by atoms with Crippen molar-refractivity contribution in [3.05, 3.63) is 79.1 Å². The summed E-state index contributed by atoms with van der Waals surface area (Å²) in [7, 11) is 0. The quantitative estimate of drug-likeness (QED) is 0.283. The van der Waals surface area contributed by atoms with E-state index in [1.54, 1.807) is 35.9 Å². The van der Waals surface area contributed by atoms with E-state index in [1.807, 2.05) is 19.4 Å². The number of nitrogens with zero attached hydrogens (tertiary/aromatic N) is 5. The Kier molecular flexibility index (Phi) is 10.4. The second-order valence-electron chi connectivity index (χ2n) is 5.99. The molecule has 0 fully saturated rings. The first-order valence-electron chi connectivity index (χ1n) is 8.82. The van der Waals surface area contributed by atoms with E-state index in [-0.39, 0.29) is 6.61 Å². The number of aliphatic hydroxyl groups excluding tert-OH is 1. The third kappa shape index (κ3) is 9.10. The number of nitrogens with two attached hydrogens (primary N) is 2. The zero-order valence-corrected chi connectivity index (χ0v) is 17.8. The van der Waals surface area contributed by atoms with Gasteiger partial charge in [0.05, 0.1) is 21.1 Å². The van der Waals surface area contributed by atoms with Crippen molar-refractivity contribution in [1.82, 2.24) is 15.0 Å². The first-order valence-corrected chi connectivity index (χ1v) is 9.70. The monoisotopic (exact) mass is 449 g/mol. The van der Waals surface area contributed by atoms with Crippen LogP contribution >= 0.6 is 11.3 Å². The van der Waals surface area contributed by atoms with Crippen molar-refractivity contribution in [2.75, 3.05) is 12.3 Å². The molecule has 166 valence electrons. The molecule has 12 nitrogen and oxygen atoms in total. The molecule has 3 aromatic rings. The van der Waals surface area contributed by atoms with Gasteiger partial charge in [-0.05, 0) is 19.1 Å². The van der Waals surface area contributed by atoms with Crippen molar-refractivity contribution in [2.24, 2.45) is 5.73 Å². The molecule has 0 spiro atoms. The number of aromatic nitrogens is 4. The van der Waals surface area contributed by atoms with Crippen molar-refractivity contribution in [3.63, 3.8) is 0 Å². The van der Waals surface area contributed by atoms with Gasteiger partial charge in [0, 0.05) is 38.5 Å². The third-order valence-electron chi connectivity index (χ3n) is 3.80. The summed E-state index contributed by atoms with van der Waals surface area (Å²) in [6.07, 6.45) is 5.49. The predicted octanol–water partition coefficient (Wildman–Crippen LogP) is 0.549. The summed E-state index contributed by atoms with van der Waals surface area (Å²) in [5.41, 5.74) is 15.4. The number of pyridine rings is 1. The van der Waals surface area contributed by atoms with Crippen LogP contribution in [-0.4, -0.2) is 37.7 Å². The Morgan fingerprint density at radius 1 is 1.32 bits per heavy atom. The summed E-state index contributed by atoms with van der Waals surface area (Å²) in [5, 5.41) is 23.7. The van der Waals surface area contributed by atoms with Gasteiger partial charge >= 0.3 is 0 Å². The van der Waals surface area contributed by atoms with Crippen LogP contribution in [0.3, 0.4) is 0 Å². The van der Waals surface area contributed by atoms with E-state index < -0.39 is 11.0 Å². The van der Waals surface area contributed by atoms with E-state index >= 15 is 0 Å². The van der Waals surface area contributed by atoms with Gasteiger partial charge < -0.3 is 31.9 Å². The van der Waals surface area contributed by atoms with E-state index in [2.05, 4.69) is 19.5 Å². The van der Waals surface area contributed by atoms with E-state index in [0.29, 0.717) is 30.2 Å². The topological polar surface area (TPSA) is 198 Å². The van der Waals surface area contributed by atoms with Gasteiger partial charge in [0.15, 0.2) is 12.2 Å². The maximum absolute atomic E-state index is 10.4. The van der Waals surface area contributed by atoms with Crippen LogP contribution in [0.4, 0.5) is 5.82 Å². The molecule has 0 unspecified atom stereocenters. The Labute approximate surface area is 182 Å². The van der Waals surface area contributed by atoms with Crippen LogP contribution in [0, 0.1) is 29.2 Å². The Balaban J connectivity index is 0.000000307. The van der Waals surface area contributed by atoms with Gasteiger partial charge in [0.1, 0.15) is 11.6 Å². The highest BCUT2D eigenvalue weighted by molar-refractivity contribution is 7.09.